The van der Waals surface area contributed by atoms with E-state index in [9.17, 15) is 4.79 Å². The lowest BCUT2D eigenvalue weighted by Gasteiger charge is -2.02. The van der Waals surface area contributed by atoms with E-state index in [0.29, 0.717) is 25.5 Å². The molecule has 7 nitrogen and oxygen atoms in total. The average molecular weight is 389 g/mol. The van der Waals surface area contributed by atoms with Crippen LogP contribution in [0.15, 0.2) is 47.3 Å². The average Bonchev–Trinajstić information content (AvgIpc) is 3.13. The molecule has 0 unspecified atom stereocenters. The minimum Gasteiger partial charge on any atom is -0.293 e. The Balaban J connectivity index is 1.51. The minimum atomic E-state index is -0.142. The van der Waals surface area contributed by atoms with Crippen LogP contribution in [0.5, 0.6) is 0 Å². The van der Waals surface area contributed by atoms with E-state index >= 15 is 0 Å². The zero-order chi connectivity index (χ0) is 16.9. The van der Waals surface area contributed by atoms with E-state index in [4.69, 9.17) is 0 Å². The monoisotopic (exact) mass is 388 g/mol. The number of halogens is 1. The van der Waals surface area contributed by atoms with Crippen LogP contribution in [-0.4, -0.2) is 30.5 Å². The molecule has 124 valence electrons. The van der Waals surface area contributed by atoms with Crippen LogP contribution in [0, 0.1) is 6.92 Å². The van der Waals surface area contributed by atoms with Gasteiger partial charge in [0.05, 0.1) is 16.7 Å². The number of hydrogen-bond acceptors (Lipinski definition) is 4. The number of carbonyl (C=O) groups is 1. The van der Waals surface area contributed by atoms with E-state index in [-0.39, 0.29) is 5.91 Å². The predicted molar refractivity (Wildman–Crippen MR) is 93.5 cm³/mol. The fourth-order valence-electron chi connectivity index (χ4n) is 2.21. The number of benzene rings is 1. The molecule has 0 aliphatic heterocycles. The molecule has 0 radical (unpaired) electrons. The van der Waals surface area contributed by atoms with E-state index in [0.717, 1.165) is 15.7 Å². The summed E-state index contributed by atoms with van der Waals surface area (Å²) >= 11 is 3.40. The molecule has 1 N–H and O–H groups in total. The number of carbonyl (C=O) groups excluding carboxylic acids is 1. The molecule has 3 aromatic rings. The second kappa shape index (κ2) is 7.39. The van der Waals surface area contributed by atoms with Gasteiger partial charge in [-0.05, 0) is 28.4 Å². The van der Waals surface area contributed by atoms with Crippen LogP contribution in [0.3, 0.4) is 0 Å². The van der Waals surface area contributed by atoms with Crippen molar-refractivity contribution < 1.29 is 4.79 Å². The SMILES string of the molecule is Cc1nn(CCC(=O)Nc2ncn(Cc3ccccc3)n2)cc1Br. The van der Waals surface area contributed by atoms with Crippen molar-refractivity contribution in [3.63, 3.8) is 0 Å². The Morgan fingerprint density at radius 2 is 2.00 bits per heavy atom. The highest BCUT2D eigenvalue weighted by atomic mass is 79.9. The Hall–Kier alpha value is -2.48. The topological polar surface area (TPSA) is 77.6 Å². The number of anilines is 1. The summed E-state index contributed by atoms with van der Waals surface area (Å²) in [7, 11) is 0. The van der Waals surface area contributed by atoms with Gasteiger partial charge in [0.2, 0.25) is 11.9 Å². The zero-order valence-electron chi connectivity index (χ0n) is 13.2. The van der Waals surface area contributed by atoms with Gasteiger partial charge >= 0.3 is 0 Å². The Kier molecular flexibility index (Phi) is 5.05. The third kappa shape index (κ3) is 4.29. The summed E-state index contributed by atoms with van der Waals surface area (Å²) in [5.41, 5.74) is 2.02. The van der Waals surface area contributed by atoms with Gasteiger partial charge in [0, 0.05) is 19.2 Å². The number of rotatable bonds is 6. The van der Waals surface area contributed by atoms with E-state index in [2.05, 4.69) is 36.4 Å². The summed E-state index contributed by atoms with van der Waals surface area (Å²) in [5.74, 6) is 0.172. The minimum absolute atomic E-state index is 0.142. The molecule has 0 saturated heterocycles. The fourth-order valence-corrected chi connectivity index (χ4v) is 2.53. The molecule has 2 aromatic heterocycles. The van der Waals surface area contributed by atoms with Crippen molar-refractivity contribution in [3.05, 3.63) is 58.6 Å². The Morgan fingerprint density at radius 3 is 2.71 bits per heavy atom. The van der Waals surface area contributed by atoms with Gasteiger partial charge in [-0.1, -0.05) is 30.3 Å². The first kappa shape index (κ1) is 16.4. The summed E-state index contributed by atoms with van der Waals surface area (Å²) in [6, 6.07) is 9.96. The van der Waals surface area contributed by atoms with Crippen molar-refractivity contribution in [3.8, 4) is 0 Å². The Labute approximate surface area is 147 Å². The molecule has 3 rings (SSSR count). The maximum Gasteiger partial charge on any atom is 0.248 e. The van der Waals surface area contributed by atoms with Gasteiger partial charge in [0.15, 0.2) is 0 Å². The molecular weight excluding hydrogens is 372 g/mol. The number of amides is 1. The number of nitrogens with one attached hydrogen (secondary N) is 1. The predicted octanol–water partition coefficient (Wildman–Crippen LogP) is 2.62. The van der Waals surface area contributed by atoms with E-state index in [1.165, 1.54) is 0 Å². The van der Waals surface area contributed by atoms with Crippen molar-refractivity contribution in [1.29, 1.82) is 0 Å². The van der Waals surface area contributed by atoms with Crippen molar-refractivity contribution in [2.45, 2.75) is 26.4 Å². The van der Waals surface area contributed by atoms with E-state index in [1.807, 2.05) is 43.5 Å². The molecule has 2 heterocycles. The molecule has 0 atom stereocenters. The fraction of sp³-hybridized carbons (Fsp3) is 0.250. The lowest BCUT2D eigenvalue weighted by molar-refractivity contribution is -0.116. The zero-order valence-corrected chi connectivity index (χ0v) is 14.8. The first-order chi connectivity index (χ1) is 11.6. The molecule has 0 aliphatic carbocycles. The highest BCUT2D eigenvalue weighted by Gasteiger charge is 2.08. The molecule has 0 bridgehead atoms. The second-order valence-corrected chi connectivity index (χ2v) is 6.23. The van der Waals surface area contributed by atoms with Gasteiger partial charge in [0.1, 0.15) is 6.33 Å². The first-order valence-electron chi connectivity index (χ1n) is 7.53. The molecule has 0 aliphatic rings. The van der Waals surface area contributed by atoms with Crippen molar-refractivity contribution >= 4 is 27.8 Å². The quantitative estimate of drug-likeness (QED) is 0.703. The molecule has 8 heteroatoms. The standard InChI is InChI=1S/C16H17BrN6O/c1-12-14(17)10-22(20-12)8-7-15(24)19-16-18-11-23(21-16)9-13-5-3-2-4-6-13/h2-6,10-11H,7-9H2,1H3,(H,19,21,24). The molecule has 0 fully saturated rings. The second-order valence-electron chi connectivity index (χ2n) is 5.38. The maximum atomic E-state index is 12.0. The van der Waals surface area contributed by atoms with Gasteiger partial charge in [-0.2, -0.15) is 5.10 Å². The number of nitrogens with zero attached hydrogens (tertiary/aromatic N) is 5. The van der Waals surface area contributed by atoms with Crippen molar-refractivity contribution in [1.82, 2.24) is 24.5 Å². The third-order valence-electron chi connectivity index (χ3n) is 3.43. The van der Waals surface area contributed by atoms with Crippen LogP contribution >= 0.6 is 15.9 Å². The Morgan fingerprint density at radius 1 is 1.21 bits per heavy atom. The lowest BCUT2D eigenvalue weighted by Crippen LogP contribution is -2.16. The molecule has 24 heavy (non-hydrogen) atoms. The normalized spacial score (nSPS) is 10.8. The molecule has 0 spiro atoms. The van der Waals surface area contributed by atoms with Crippen LogP contribution < -0.4 is 5.32 Å². The molecule has 1 amide bonds. The van der Waals surface area contributed by atoms with Gasteiger partial charge in [-0.15, -0.1) is 5.10 Å². The van der Waals surface area contributed by atoms with Crippen LogP contribution in [-0.2, 0) is 17.9 Å². The number of aryl methyl sites for hydroxylation is 2. The van der Waals surface area contributed by atoms with Crippen LogP contribution in [0.2, 0.25) is 0 Å². The highest BCUT2D eigenvalue weighted by molar-refractivity contribution is 9.10. The number of hydrogen-bond donors (Lipinski definition) is 1. The summed E-state index contributed by atoms with van der Waals surface area (Å²) in [4.78, 5) is 16.1. The largest absolute Gasteiger partial charge is 0.293 e. The summed E-state index contributed by atoms with van der Waals surface area (Å²) in [6.07, 6.45) is 3.77. The molecular formula is C16H17BrN6O. The van der Waals surface area contributed by atoms with Crippen LogP contribution in [0.4, 0.5) is 5.95 Å². The molecule has 1 aromatic carbocycles. The van der Waals surface area contributed by atoms with Gasteiger partial charge in [-0.3, -0.25) is 14.8 Å². The summed E-state index contributed by atoms with van der Waals surface area (Å²) in [6.45, 7) is 3.03. The Bertz CT molecular complexity index is 807. The van der Waals surface area contributed by atoms with Crippen molar-refractivity contribution in [2.24, 2.45) is 0 Å². The third-order valence-corrected chi connectivity index (χ3v) is 4.21. The number of aromatic nitrogens is 5. The van der Waals surface area contributed by atoms with Crippen LogP contribution in [0.1, 0.15) is 17.7 Å². The lowest BCUT2D eigenvalue weighted by atomic mass is 10.2. The summed E-state index contributed by atoms with van der Waals surface area (Å²) < 4.78 is 4.36. The van der Waals surface area contributed by atoms with Gasteiger partial charge in [-0.25, -0.2) is 9.67 Å². The highest BCUT2D eigenvalue weighted by Crippen LogP contribution is 2.13. The van der Waals surface area contributed by atoms with Crippen LogP contribution in [0.25, 0.3) is 0 Å². The van der Waals surface area contributed by atoms with Crippen molar-refractivity contribution in [2.75, 3.05) is 5.32 Å². The van der Waals surface area contributed by atoms with Gasteiger partial charge in [0.25, 0.3) is 0 Å². The first-order valence-corrected chi connectivity index (χ1v) is 8.32. The summed E-state index contributed by atoms with van der Waals surface area (Å²) in [5, 5.41) is 11.3. The smallest absolute Gasteiger partial charge is 0.248 e. The molecule has 0 saturated carbocycles. The van der Waals surface area contributed by atoms with E-state index < -0.39 is 0 Å². The maximum absolute atomic E-state index is 12.0. The van der Waals surface area contributed by atoms with E-state index in [1.54, 1.807) is 15.7 Å². The van der Waals surface area contributed by atoms with Gasteiger partial charge < -0.3 is 0 Å².